The van der Waals surface area contributed by atoms with E-state index < -0.39 is 0 Å². The van der Waals surface area contributed by atoms with Gasteiger partial charge in [-0.3, -0.25) is 4.90 Å². The Morgan fingerprint density at radius 1 is 1.25 bits per heavy atom. The van der Waals surface area contributed by atoms with Gasteiger partial charge < -0.3 is 20.0 Å². The van der Waals surface area contributed by atoms with E-state index in [1.165, 1.54) is 0 Å². The SMILES string of the molecule is [O-][n+]1nc(NCCCN2CCOCC2)nc2cc3c(cc21)CCO3. The van der Waals surface area contributed by atoms with Crippen LogP contribution in [0.1, 0.15) is 12.0 Å². The van der Waals surface area contributed by atoms with E-state index in [1.54, 1.807) is 0 Å². The number of aromatic nitrogens is 3. The lowest BCUT2D eigenvalue weighted by atomic mass is 10.1. The zero-order valence-electron chi connectivity index (χ0n) is 13.5. The Balaban J connectivity index is 1.40. The van der Waals surface area contributed by atoms with Crippen LogP contribution in [0.4, 0.5) is 5.95 Å². The number of benzene rings is 1. The summed E-state index contributed by atoms with van der Waals surface area (Å²) in [6, 6.07) is 3.65. The van der Waals surface area contributed by atoms with E-state index in [2.05, 4.69) is 20.3 Å². The molecule has 0 amide bonds. The molecule has 2 aromatic rings. The first-order chi connectivity index (χ1) is 11.8. The number of nitrogens with zero attached hydrogens (tertiary/aromatic N) is 4. The van der Waals surface area contributed by atoms with Crippen LogP contribution >= 0.6 is 0 Å². The second-order valence-electron chi connectivity index (χ2n) is 6.09. The van der Waals surface area contributed by atoms with Gasteiger partial charge in [0.25, 0.3) is 11.5 Å². The van der Waals surface area contributed by atoms with Crippen LogP contribution < -0.4 is 14.9 Å². The van der Waals surface area contributed by atoms with Crippen LogP contribution in [0.25, 0.3) is 11.0 Å². The third-order valence-corrected chi connectivity index (χ3v) is 4.44. The minimum Gasteiger partial charge on any atom is -0.594 e. The number of hydrogen-bond acceptors (Lipinski definition) is 7. The van der Waals surface area contributed by atoms with Crippen molar-refractivity contribution in [1.29, 1.82) is 0 Å². The Kier molecular flexibility index (Phi) is 4.31. The van der Waals surface area contributed by atoms with Crippen molar-refractivity contribution in [3.8, 4) is 5.75 Å². The minimum absolute atomic E-state index is 0.359. The Hall–Kier alpha value is -2.19. The molecule has 0 bridgehead atoms. The molecule has 1 aromatic heterocycles. The van der Waals surface area contributed by atoms with Crippen LogP contribution in [0.3, 0.4) is 0 Å². The van der Waals surface area contributed by atoms with Gasteiger partial charge in [0.1, 0.15) is 11.3 Å². The molecule has 2 aliphatic rings. The number of morpholine rings is 1. The summed E-state index contributed by atoms with van der Waals surface area (Å²) in [5.74, 6) is 1.18. The molecule has 0 saturated carbocycles. The van der Waals surface area contributed by atoms with Crippen molar-refractivity contribution >= 4 is 17.0 Å². The van der Waals surface area contributed by atoms with E-state index in [0.717, 1.165) is 63.5 Å². The lowest BCUT2D eigenvalue weighted by molar-refractivity contribution is -0.641. The summed E-state index contributed by atoms with van der Waals surface area (Å²) in [4.78, 5) is 7.46. The Bertz CT molecular complexity index is 733. The molecule has 128 valence electrons. The molecule has 0 aliphatic carbocycles. The molecule has 0 spiro atoms. The first kappa shape index (κ1) is 15.3. The number of nitrogens with one attached hydrogen (secondary N) is 1. The molecule has 1 fully saturated rings. The number of fused-ring (bicyclic) bond motifs is 2. The van der Waals surface area contributed by atoms with E-state index in [9.17, 15) is 5.21 Å². The maximum atomic E-state index is 12.1. The second-order valence-corrected chi connectivity index (χ2v) is 6.09. The highest BCUT2D eigenvalue weighted by atomic mass is 16.5. The Morgan fingerprint density at radius 3 is 3.00 bits per heavy atom. The molecular formula is C16H21N5O3. The van der Waals surface area contributed by atoms with Crippen LogP contribution in [0, 0.1) is 5.21 Å². The standard InChI is InChI=1S/C16H21N5O3/c22-21-14-10-12-2-7-24-15(12)11-13(14)18-16(19-21)17-3-1-4-20-5-8-23-9-6-20/h10-11H,1-9H2,(H,17,18,19). The van der Waals surface area contributed by atoms with Gasteiger partial charge in [-0.1, -0.05) is 0 Å². The quantitative estimate of drug-likeness (QED) is 0.480. The summed E-state index contributed by atoms with van der Waals surface area (Å²) in [5.41, 5.74) is 2.14. The zero-order valence-corrected chi connectivity index (χ0v) is 13.5. The normalized spacial score (nSPS) is 17.7. The average Bonchev–Trinajstić information content (AvgIpc) is 3.05. The number of anilines is 1. The van der Waals surface area contributed by atoms with Gasteiger partial charge in [-0.05, 0) is 17.8 Å². The molecule has 1 N–H and O–H groups in total. The van der Waals surface area contributed by atoms with E-state index in [1.807, 2.05) is 12.1 Å². The van der Waals surface area contributed by atoms with Gasteiger partial charge in [0, 0.05) is 43.8 Å². The van der Waals surface area contributed by atoms with E-state index in [-0.39, 0.29) is 0 Å². The first-order valence-corrected chi connectivity index (χ1v) is 8.41. The summed E-state index contributed by atoms with van der Waals surface area (Å²) in [5, 5.41) is 19.3. The van der Waals surface area contributed by atoms with E-state index in [4.69, 9.17) is 9.47 Å². The monoisotopic (exact) mass is 331 g/mol. The molecule has 24 heavy (non-hydrogen) atoms. The maximum Gasteiger partial charge on any atom is 0.290 e. The smallest absolute Gasteiger partial charge is 0.290 e. The molecule has 3 heterocycles. The number of ether oxygens (including phenoxy) is 2. The zero-order chi connectivity index (χ0) is 16.4. The topological polar surface area (TPSA) is 86.5 Å². The largest absolute Gasteiger partial charge is 0.594 e. The van der Waals surface area contributed by atoms with Crippen molar-refractivity contribution in [3.63, 3.8) is 0 Å². The highest BCUT2D eigenvalue weighted by Crippen LogP contribution is 2.28. The van der Waals surface area contributed by atoms with E-state index >= 15 is 0 Å². The van der Waals surface area contributed by atoms with Gasteiger partial charge in [0.15, 0.2) is 0 Å². The lowest BCUT2D eigenvalue weighted by Crippen LogP contribution is -2.37. The second kappa shape index (κ2) is 6.74. The highest BCUT2D eigenvalue weighted by Gasteiger charge is 2.19. The van der Waals surface area contributed by atoms with Gasteiger partial charge in [-0.2, -0.15) is 0 Å². The van der Waals surface area contributed by atoms with Crippen LogP contribution in [-0.2, 0) is 11.2 Å². The highest BCUT2D eigenvalue weighted by molar-refractivity contribution is 5.75. The Labute approximate surface area is 140 Å². The van der Waals surface area contributed by atoms with Crippen molar-refractivity contribution in [2.75, 3.05) is 51.3 Å². The van der Waals surface area contributed by atoms with Crippen LogP contribution in [0.2, 0.25) is 0 Å². The molecular weight excluding hydrogens is 310 g/mol. The van der Waals surface area contributed by atoms with Crippen molar-refractivity contribution in [1.82, 2.24) is 15.0 Å². The van der Waals surface area contributed by atoms with Gasteiger partial charge in [0.2, 0.25) is 0 Å². The predicted octanol–water partition coefficient (Wildman–Crippen LogP) is 0.332. The molecule has 0 atom stereocenters. The molecule has 8 nitrogen and oxygen atoms in total. The predicted molar refractivity (Wildman–Crippen MR) is 88.1 cm³/mol. The molecule has 0 radical (unpaired) electrons. The maximum absolute atomic E-state index is 12.1. The average molecular weight is 331 g/mol. The van der Waals surface area contributed by atoms with Gasteiger partial charge in [-0.15, -0.1) is 0 Å². The van der Waals surface area contributed by atoms with Gasteiger partial charge in [0.05, 0.1) is 24.9 Å². The summed E-state index contributed by atoms with van der Waals surface area (Å²) in [7, 11) is 0. The molecule has 1 saturated heterocycles. The minimum atomic E-state index is 0.359. The fraction of sp³-hybridized carbons (Fsp3) is 0.562. The van der Waals surface area contributed by atoms with Gasteiger partial charge >= 0.3 is 0 Å². The van der Waals surface area contributed by atoms with Crippen molar-refractivity contribution in [2.45, 2.75) is 12.8 Å². The summed E-state index contributed by atoms with van der Waals surface area (Å²) in [6.07, 6.45) is 1.79. The molecule has 8 heteroatoms. The molecule has 0 unspecified atom stereocenters. The fourth-order valence-electron chi connectivity index (χ4n) is 3.12. The van der Waals surface area contributed by atoms with Crippen molar-refractivity contribution in [2.24, 2.45) is 0 Å². The summed E-state index contributed by atoms with van der Waals surface area (Å²) >= 11 is 0. The molecule has 1 aromatic carbocycles. The molecule has 4 rings (SSSR count). The Morgan fingerprint density at radius 2 is 2.12 bits per heavy atom. The van der Waals surface area contributed by atoms with Crippen LogP contribution in [-0.4, -0.2) is 61.0 Å². The first-order valence-electron chi connectivity index (χ1n) is 8.41. The third kappa shape index (κ3) is 3.20. The third-order valence-electron chi connectivity index (χ3n) is 4.44. The summed E-state index contributed by atoms with van der Waals surface area (Å²) in [6.45, 7) is 5.97. The van der Waals surface area contributed by atoms with Crippen LogP contribution in [0.5, 0.6) is 5.75 Å². The number of rotatable bonds is 5. The van der Waals surface area contributed by atoms with Crippen LogP contribution in [0.15, 0.2) is 12.1 Å². The lowest BCUT2D eigenvalue weighted by Gasteiger charge is -2.26. The number of hydrogen-bond donors (Lipinski definition) is 1. The molecule has 2 aliphatic heterocycles. The van der Waals surface area contributed by atoms with E-state index in [0.29, 0.717) is 28.4 Å². The fourth-order valence-corrected chi connectivity index (χ4v) is 3.12. The van der Waals surface area contributed by atoms with Crippen molar-refractivity contribution < 1.29 is 14.3 Å². The van der Waals surface area contributed by atoms with Crippen molar-refractivity contribution in [3.05, 3.63) is 22.9 Å². The van der Waals surface area contributed by atoms with Gasteiger partial charge in [-0.25, -0.2) is 4.98 Å². The summed E-state index contributed by atoms with van der Waals surface area (Å²) < 4.78 is 10.9.